The Morgan fingerprint density at radius 3 is 2.21 bits per heavy atom. The summed E-state index contributed by atoms with van der Waals surface area (Å²) in [5.41, 5.74) is 4.12. The second-order valence-corrected chi connectivity index (χ2v) is 9.77. The molecular formula is C22H28N2O4S. The molecule has 1 aliphatic heterocycles. The van der Waals surface area contributed by atoms with Crippen LogP contribution in [0.4, 0.5) is 5.69 Å². The number of hydrogen-bond donors (Lipinski definition) is 1. The number of ether oxygens (including phenoxy) is 1. The van der Waals surface area contributed by atoms with Crippen molar-refractivity contribution in [3.63, 3.8) is 0 Å². The van der Waals surface area contributed by atoms with E-state index in [9.17, 15) is 13.2 Å². The number of sulfonamides is 1. The van der Waals surface area contributed by atoms with Crippen LogP contribution in [0.25, 0.3) is 0 Å². The Kier molecular flexibility index (Phi) is 6.12. The molecule has 1 N–H and O–H groups in total. The van der Waals surface area contributed by atoms with E-state index in [4.69, 9.17) is 4.74 Å². The number of amides is 1. The highest BCUT2D eigenvalue weighted by Gasteiger charge is 2.32. The Morgan fingerprint density at radius 2 is 1.62 bits per heavy atom. The van der Waals surface area contributed by atoms with Crippen molar-refractivity contribution in [1.29, 1.82) is 0 Å². The molecule has 3 rings (SSSR count). The van der Waals surface area contributed by atoms with Gasteiger partial charge in [-0.1, -0.05) is 23.8 Å². The summed E-state index contributed by atoms with van der Waals surface area (Å²) < 4.78 is 33.3. The first-order valence-electron chi connectivity index (χ1n) is 9.73. The number of rotatable bonds is 4. The molecule has 6 nitrogen and oxygen atoms in total. The third-order valence-corrected chi connectivity index (χ3v) is 6.86. The highest BCUT2D eigenvalue weighted by atomic mass is 32.2. The van der Waals surface area contributed by atoms with Crippen molar-refractivity contribution in [3.05, 3.63) is 58.7 Å². The predicted molar refractivity (Wildman–Crippen MR) is 114 cm³/mol. The second kappa shape index (κ2) is 8.26. The van der Waals surface area contributed by atoms with Gasteiger partial charge in [0.25, 0.3) is 5.91 Å². The van der Waals surface area contributed by atoms with Gasteiger partial charge >= 0.3 is 0 Å². The summed E-state index contributed by atoms with van der Waals surface area (Å²) in [6.07, 6.45) is -0.347. The van der Waals surface area contributed by atoms with E-state index in [-0.39, 0.29) is 23.0 Å². The van der Waals surface area contributed by atoms with Crippen molar-refractivity contribution >= 4 is 21.6 Å². The van der Waals surface area contributed by atoms with E-state index in [1.54, 1.807) is 12.1 Å². The van der Waals surface area contributed by atoms with Crippen LogP contribution in [0.1, 0.15) is 40.9 Å². The van der Waals surface area contributed by atoms with Crippen molar-refractivity contribution in [2.75, 3.05) is 18.4 Å². The fraction of sp³-hybridized carbons (Fsp3) is 0.409. The number of anilines is 1. The van der Waals surface area contributed by atoms with Crippen molar-refractivity contribution in [1.82, 2.24) is 4.31 Å². The molecule has 2 atom stereocenters. The first kappa shape index (κ1) is 21.5. The average Bonchev–Trinajstić information content (AvgIpc) is 2.63. The topological polar surface area (TPSA) is 75.7 Å². The number of carbonyl (C=O) groups excluding carboxylic acids is 1. The smallest absolute Gasteiger partial charge is 0.255 e. The second-order valence-electron chi connectivity index (χ2n) is 7.84. The van der Waals surface area contributed by atoms with Gasteiger partial charge in [-0.15, -0.1) is 0 Å². The number of hydrogen-bond acceptors (Lipinski definition) is 4. The Hall–Kier alpha value is -2.22. The fourth-order valence-electron chi connectivity index (χ4n) is 3.84. The predicted octanol–water partition coefficient (Wildman–Crippen LogP) is 3.66. The third kappa shape index (κ3) is 4.69. The van der Waals surface area contributed by atoms with Crippen LogP contribution < -0.4 is 5.32 Å². The largest absolute Gasteiger partial charge is 0.373 e. The summed E-state index contributed by atoms with van der Waals surface area (Å²) in [7, 11) is -3.71. The quantitative estimate of drug-likeness (QED) is 0.825. The van der Waals surface area contributed by atoms with Gasteiger partial charge in [-0.3, -0.25) is 4.79 Å². The van der Waals surface area contributed by atoms with Crippen molar-refractivity contribution < 1.29 is 17.9 Å². The molecule has 2 aromatic carbocycles. The van der Waals surface area contributed by atoms with Crippen LogP contribution in [-0.4, -0.2) is 43.9 Å². The lowest BCUT2D eigenvalue weighted by Gasteiger charge is -2.34. The molecular weight excluding hydrogens is 388 g/mol. The highest BCUT2D eigenvalue weighted by Crippen LogP contribution is 2.25. The maximum Gasteiger partial charge on any atom is 0.255 e. The van der Waals surface area contributed by atoms with Gasteiger partial charge < -0.3 is 10.1 Å². The highest BCUT2D eigenvalue weighted by molar-refractivity contribution is 7.89. The zero-order chi connectivity index (χ0) is 21.3. The van der Waals surface area contributed by atoms with Crippen LogP contribution in [0, 0.1) is 20.8 Å². The summed E-state index contributed by atoms with van der Waals surface area (Å²) in [4.78, 5) is 12.9. The molecule has 2 unspecified atom stereocenters. The Labute approximate surface area is 172 Å². The van der Waals surface area contributed by atoms with Gasteiger partial charge in [-0.05, 0) is 63.9 Å². The van der Waals surface area contributed by atoms with Crippen molar-refractivity contribution in [2.45, 2.75) is 51.7 Å². The number of nitrogens with zero attached hydrogens (tertiary/aromatic N) is 1. The number of nitrogens with one attached hydrogen (secondary N) is 1. The van der Waals surface area contributed by atoms with Crippen LogP contribution in [0.3, 0.4) is 0 Å². The Balaban J connectivity index is 1.87. The molecule has 0 saturated carbocycles. The minimum Gasteiger partial charge on any atom is -0.373 e. The van der Waals surface area contributed by atoms with Gasteiger partial charge in [0.15, 0.2) is 0 Å². The van der Waals surface area contributed by atoms with Crippen LogP contribution in [0.2, 0.25) is 0 Å². The van der Waals surface area contributed by atoms with E-state index in [1.807, 2.05) is 46.8 Å². The maximum atomic E-state index is 13.1. The van der Waals surface area contributed by atoms with Gasteiger partial charge in [0, 0.05) is 24.3 Å². The first-order chi connectivity index (χ1) is 13.6. The fourth-order valence-corrected chi connectivity index (χ4v) is 5.47. The summed E-state index contributed by atoms with van der Waals surface area (Å²) >= 11 is 0. The molecule has 29 heavy (non-hydrogen) atoms. The molecule has 1 aliphatic rings. The SMILES string of the molecule is Cc1cc(C)c(NC(=O)c2cccc(S(=O)(=O)N3CC(C)OC(C)C3)c2)c(C)c1. The van der Waals surface area contributed by atoms with E-state index >= 15 is 0 Å². The zero-order valence-corrected chi connectivity index (χ0v) is 18.3. The molecule has 156 valence electrons. The van der Waals surface area contributed by atoms with Crippen LogP contribution >= 0.6 is 0 Å². The minimum atomic E-state index is -3.71. The number of morpholine rings is 1. The van der Waals surface area contributed by atoms with Crippen LogP contribution in [0.15, 0.2) is 41.3 Å². The third-order valence-electron chi connectivity index (χ3n) is 5.04. The lowest BCUT2D eigenvalue weighted by Crippen LogP contribution is -2.48. The monoisotopic (exact) mass is 416 g/mol. The summed E-state index contributed by atoms with van der Waals surface area (Å²) in [6.45, 7) is 10.2. The average molecular weight is 417 g/mol. The van der Waals surface area contributed by atoms with E-state index in [2.05, 4.69) is 5.32 Å². The van der Waals surface area contributed by atoms with E-state index < -0.39 is 10.0 Å². The molecule has 1 amide bonds. The molecule has 7 heteroatoms. The lowest BCUT2D eigenvalue weighted by atomic mass is 10.0. The molecule has 0 aromatic heterocycles. The van der Waals surface area contributed by atoms with Gasteiger partial charge in [0.1, 0.15) is 0 Å². The first-order valence-corrected chi connectivity index (χ1v) is 11.2. The van der Waals surface area contributed by atoms with Gasteiger partial charge in [-0.25, -0.2) is 8.42 Å². The molecule has 0 spiro atoms. The summed E-state index contributed by atoms with van der Waals surface area (Å²) in [6, 6.07) is 10.2. The standard InChI is InChI=1S/C22H28N2O4S/c1-14-9-15(2)21(16(3)10-14)23-22(25)19-7-6-8-20(11-19)29(26,27)24-12-17(4)28-18(5)13-24/h6-11,17-18H,12-13H2,1-5H3,(H,23,25). The summed E-state index contributed by atoms with van der Waals surface area (Å²) in [5, 5.41) is 2.93. The molecule has 0 aliphatic carbocycles. The molecule has 0 radical (unpaired) electrons. The summed E-state index contributed by atoms with van der Waals surface area (Å²) in [5.74, 6) is -0.333. The van der Waals surface area contributed by atoms with E-state index in [1.165, 1.54) is 16.4 Å². The van der Waals surface area contributed by atoms with Crippen molar-refractivity contribution in [3.8, 4) is 0 Å². The maximum absolute atomic E-state index is 13.1. The normalized spacial score (nSPS) is 20.4. The molecule has 0 bridgehead atoms. The molecule has 1 heterocycles. The van der Waals surface area contributed by atoms with Crippen LogP contribution in [0.5, 0.6) is 0 Å². The van der Waals surface area contributed by atoms with Gasteiger partial charge in [-0.2, -0.15) is 4.31 Å². The number of benzene rings is 2. The van der Waals surface area contributed by atoms with Gasteiger partial charge in [0.2, 0.25) is 10.0 Å². The van der Waals surface area contributed by atoms with Crippen LogP contribution in [-0.2, 0) is 14.8 Å². The molecule has 1 fully saturated rings. The van der Waals surface area contributed by atoms with Gasteiger partial charge in [0.05, 0.1) is 17.1 Å². The molecule has 2 aromatic rings. The van der Waals surface area contributed by atoms with E-state index in [0.29, 0.717) is 18.7 Å². The Bertz CT molecular complexity index is 1000. The number of carbonyl (C=O) groups is 1. The van der Waals surface area contributed by atoms with E-state index in [0.717, 1.165) is 22.4 Å². The minimum absolute atomic E-state index is 0.115. The van der Waals surface area contributed by atoms with Crippen molar-refractivity contribution in [2.24, 2.45) is 0 Å². The number of aryl methyl sites for hydroxylation is 3. The molecule has 1 saturated heterocycles. The Morgan fingerprint density at radius 1 is 1.03 bits per heavy atom. The zero-order valence-electron chi connectivity index (χ0n) is 17.5. The lowest BCUT2D eigenvalue weighted by molar-refractivity contribution is -0.0440.